The highest BCUT2D eigenvalue weighted by Crippen LogP contribution is 2.21. The number of carbonyl (C=O) groups is 18. The van der Waals surface area contributed by atoms with E-state index < -0.39 is 239 Å². The highest BCUT2D eigenvalue weighted by atomic mass is 32.1. The SMILES string of the molecule is C/C(=N/O)C(C)(C)NCCN(CCNC(=O)CCC(=O)N[C@@H](CS)C(=O)N[C@@H](CS)C(=O)N[C@@H](CCC(=O)O)C(=O)N[C@@H](CC(C)C)C(=O)N[C@@H](CS)C(=O)N[C@@H](CS)C(=O)N[C@@H](CC(N)=O)C(=O)N1CCC[C@H]1C(=O)N[C@@H](C)C(=O)N[C@@H](CS)C(=O)N[C@@H](C)C(=O)NCC(=O)N[C@@H](CS)C(=O)N[C@@H](Cc1ccc(O)cc1)C(=O)O)CCNC(C)(C)/C(C)=N/O. The zero-order valence-corrected chi connectivity index (χ0v) is 76.7. The molecule has 0 aliphatic carbocycles. The van der Waals surface area contributed by atoms with E-state index in [4.69, 9.17) is 5.73 Å². The Morgan fingerprint density at radius 1 is 0.480 bits per heavy atom. The molecule has 44 nitrogen and oxygen atoms in total. The number of carbonyl (C=O) groups excluding carboxylic acids is 16. The third kappa shape index (κ3) is 40.3. The Morgan fingerprint density at radius 3 is 1.32 bits per heavy atom. The van der Waals surface area contributed by atoms with Gasteiger partial charge in [0.1, 0.15) is 84.3 Å². The second kappa shape index (κ2) is 56.5. The van der Waals surface area contributed by atoms with Crippen molar-refractivity contribution >= 4 is 194 Å². The van der Waals surface area contributed by atoms with Crippen molar-refractivity contribution in [1.82, 2.24) is 94.9 Å². The minimum atomic E-state index is -1.77. The Balaban J connectivity index is 2.11. The first kappa shape index (κ1) is 111. The summed E-state index contributed by atoms with van der Waals surface area (Å²) in [4.78, 5) is 243. The number of nitrogens with zero attached hydrogens (tertiary/aromatic N) is 4. The lowest BCUT2D eigenvalue weighted by Crippen LogP contribution is -2.61. The van der Waals surface area contributed by atoms with E-state index in [0.29, 0.717) is 49.7 Å². The van der Waals surface area contributed by atoms with Crippen molar-refractivity contribution < 1.29 is 112 Å². The lowest BCUT2D eigenvalue weighted by Gasteiger charge is -2.30. The summed E-state index contributed by atoms with van der Waals surface area (Å²) < 4.78 is 0. The molecule has 1 aromatic rings. The minimum absolute atomic E-state index is 0.0102. The summed E-state index contributed by atoms with van der Waals surface area (Å²) in [6.45, 7) is 18.3. The number of hydrogen-bond donors (Lipinski definition) is 28. The van der Waals surface area contributed by atoms with Crippen LogP contribution in [0.25, 0.3) is 0 Å². The van der Waals surface area contributed by atoms with Crippen LogP contribution in [0.2, 0.25) is 0 Å². The smallest absolute Gasteiger partial charge is 0.326 e. The van der Waals surface area contributed by atoms with Gasteiger partial charge in [-0.25, -0.2) is 4.79 Å². The monoisotopic (exact) mass is 1880 g/mol. The topological polar surface area (TPSA) is 658 Å². The first-order chi connectivity index (χ1) is 58.7. The van der Waals surface area contributed by atoms with Crippen LogP contribution in [0.15, 0.2) is 34.6 Å². The summed E-state index contributed by atoms with van der Waals surface area (Å²) in [5, 5.41) is 94.7. The number of phenolic OH excluding ortho intramolecular Hbond substituents is 1. The first-order valence-corrected chi connectivity index (χ1v) is 43.7. The van der Waals surface area contributed by atoms with E-state index in [1.54, 1.807) is 27.7 Å². The second-order valence-corrected chi connectivity index (χ2v) is 33.0. The third-order valence-corrected chi connectivity index (χ3v) is 21.9. The highest BCUT2D eigenvalue weighted by molar-refractivity contribution is 7.81. The van der Waals surface area contributed by atoms with Crippen LogP contribution in [0.1, 0.15) is 126 Å². The Hall–Kier alpha value is -9.60. The molecule has 1 saturated heterocycles. The van der Waals surface area contributed by atoms with Crippen molar-refractivity contribution in [3.8, 4) is 5.75 Å². The Labute approximate surface area is 757 Å². The Morgan fingerprint density at radius 2 is 0.872 bits per heavy atom. The van der Waals surface area contributed by atoms with Crippen molar-refractivity contribution in [2.45, 2.75) is 217 Å². The van der Waals surface area contributed by atoms with Crippen LogP contribution in [0.5, 0.6) is 5.75 Å². The quantitative estimate of drug-likeness (QED) is 0.0125. The number of amides is 16. The number of rotatable bonds is 58. The van der Waals surface area contributed by atoms with Gasteiger partial charge < -0.3 is 121 Å². The molecule has 0 radical (unpaired) electrons. The molecular weight excluding hydrogens is 1760 g/mol. The molecule has 1 fully saturated rings. The normalized spacial score (nSPS) is 15.9. The maximum absolute atomic E-state index is 14.3. The van der Waals surface area contributed by atoms with E-state index in [1.165, 1.54) is 38.1 Å². The fraction of sp³-hybridized carbons (Fsp3) is 0.653. The van der Waals surface area contributed by atoms with E-state index >= 15 is 0 Å². The molecule has 13 atom stereocenters. The van der Waals surface area contributed by atoms with Crippen LogP contribution in [0.4, 0.5) is 0 Å². The molecule has 23 N–H and O–H groups in total. The molecule has 2 rings (SSSR count). The number of carboxylic acids is 2. The standard InChI is InChI=1S/C75H123N21O23S6/c1-38(2)28-46(86-63(106)45(17-20-60(102)103)85-68(111)52(35-123)91-67(110)49(32-120)83-58(100)19-18-57(99)77-21-25-95(26-22-79-74(7,8)41(5)93-118)27-23-80-75(9,10)42(6)94-119)64(107)90-54(37-125)70(113)92-53(36-124)69(112)87-47(30-56(76)98)72(115)96-24-11-12-55(96)71(114)82-40(4)62(105)89-51(34-122)65(108)81-39(3)61(104)78-31-59(101)84-50(33-121)66(109)88-48(73(116)117)29-43-13-15-44(97)16-14-43/h13-16,38-40,45-55,79-80,97,118-125H,11-12,17-37H2,1-10H3,(H2,76,98)(H,77,99)(H,78,104)(H,81,108)(H,82,114)(H,83,100)(H,84,101)(H,85,111)(H,86,106)(H,87,112)(H,88,109)(H,89,105)(H,90,107)(H,91,110)(H,92,113)(H,102,103)(H,116,117)/b93-41-,94-42+/t39-,40-,45-,46-,47-,48-,49-,50-,51-,52-,53-,54-,55-/m0/s1. The van der Waals surface area contributed by atoms with Crippen molar-refractivity contribution in [3.63, 3.8) is 0 Å². The van der Waals surface area contributed by atoms with Crippen molar-refractivity contribution in [1.29, 1.82) is 0 Å². The molecule has 1 aliphatic rings. The maximum Gasteiger partial charge on any atom is 0.326 e. The van der Waals surface area contributed by atoms with E-state index in [0.717, 1.165) is 4.90 Å². The third-order valence-electron chi connectivity index (χ3n) is 19.8. The van der Waals surface area contributed by atoms with Crippen LogP contribution in [0, 0.1) is 5.92 Å². The number of primary amides is 1. The largest absolute Gasteiger partial charge is 0.508 e. The highest BCUT2D eigenvalue weighted by Gasteiger charge is 2.42. The van der Waals surface area contributed by atoms with Gasteiger partial charge in [0.25, 0.3) is 0 Å². The summed E-state index contributed by atoms with van der Waals surface area (Å²) in [5.41, 5.74) is 5.69. The predicted octanol–water partition coefficient (Wildman–Crippen LogP) is -6.02. The number of likely N-dealkylation sites (tertiary alicyclic amines) is 1. The summed E-state index contributed by atoms with van der Waals surface area (Å²) in [5.74, 6) is -20.5. The molecule has 125 heavy (non-hydrogen) atoms. The number of aromatic hydroxyl groups is 1. The molecular formula is C75H123N21O23S6. The van der Waals surface area contributed by atoms with Crippen molar-refractivity contribution in [2.75, 3.05) is 86.9 Å². The fourth-order valence-electron chi connectivity index (χ4n) is 11.7. The van der Waals surface area contributed by atoms with E-state index in [1.807, 2.05) is 27.7 Å². The molecule has 0 saturated carbocycles. The van der Waals surface area contributed by atoms with Crippen molar-refractivity contribution in [3.05, 3.63) is 29.8 Å². The van der Waals surface area contributed by atoms with Crippen LogP contribution in [0.3, 0.4) is 0 Å². The molecule has 16 amide bonds. The average Bonchev–Trinajstić information content (AvgIpc) is 1.78. The van der Waals surface area contributed by atoms with Crippen LogP contribution < -0.4 is 90.8 Å². The lowest BCUT2D eigenvalue weighted by atomic mass is 9.99. The van der Waals surface area contributed by atoms with Crippen LogP contribution >= 0.6 is 75.8 Å². The zero-order valence-electron chi connectivity index (χ0n) is 71.3. The average molecular weight is 1880 g/mol. The number of phenols is 1. The second-order valence-electron chi connectivity index (χ2n) is 30.8. The number of benzene rings is 1. The molecule has 0 unspecified atom stereocenters. The molecule has 0 spiro atoms. The lowest BCUT2D eigenvalue weighted by molar-refractivity contribution is -0.143. The first-order valence-electron chi connectivity index (χ1n) is 39.9. The van der Waals surface area contributed by atoms with Gasteiger partial charge in [-0.05, 0) is 105 Å². The molecule has 702 valence electrons. The van der Waals surface area contributed by atoms with Gasteiger partial charge in [-0.15, -0.1) is 0 Å². The number of carboxylic acid groups (broad SMARTS) is 2. The number of hydrogen-bond acceptors (Lipinski definition) is 32. The van der Waals surface area contributed by atoms with Gasteiger partial charge in [0.05, 0.1) is 35.5 Å². The molecule has 0 aromatic heterocycles. The number of aliphatic carboxylic acids is 2. The van der Waals surface area contributed by atoms with Gasteiger partial charge in [-0.2, -0.15) is 75.8 Å². The number of nitrogens with two attached hydrogens (primary N) is 1. The maximum atomic E-state index is 14.3. The van der Waals surface area contributed by atoms with Gasteiger partial charge in [0, 0.05) is 106 Å². The zero-order chi connectivity index (χ0) is 94.8. The van der Waals surface area contributed by atoms with Gasteiger partial charge >= 0.3 is 11.9 Å². The minimum Gasteiger partial charge on any atom is -0.508 e. The van der Waals surface area contributed by atoms with Gasteiger partial charge in [0.2, 0.25) is 94.5 Å². The Bertz CT molecular complexity index is 3910. The van der Waals surface area contributed by atoms with Crippen LogP contribution in [-0.4, -0.2) is 330 Å². The van der Waals surface area contributed by atoms with Gasteiger partial charge in [-0.1, -0.05) is 36.3 Å². The summed E-state index contributed by atoms with van der Waals surface area (Å²) in [6.07, 6.45) is -2.84. The summed E-state index contributed by atoms with van der Waals surface area (Å²) in [7, 11) is 0. The van der Waals surface area contributed by atoms with E-state index in [2.05, 4.69) is 176 Å². The molecule has 50 heteroatoms. The Kier molecular flexibility index (Phi) is 50.4. The molecule has 0 bridgehead atoms. The summed E-state index contributed by atoms with van der Waals surface area (Å²) in [6, 6.07) is -13.8. The van der Waals surface area contributed by atoms with Crippen molar-refractivity contribution in [2.24, 2.45) is 22.0 Å². The number of nitrogens with one attached hydrogen (secondary N) is 16. The van der Waals surface area contributed by atoms with Crippen LogP contribution in [-0.2, 0) is 92.7 Å². The van der Waals surface area contributed by atoms with E-state index in [9.17, 15) is 112 Å². The predicted molar refractivity (Wildman–Crippen MR) is 478 cm³/mol. The molecule has 1 aromatic carbocycles. The fourth-order valence-corrected chi connectivity index (χ4v) is 13.3. The molecule has 1 heterocycles. The number of oxime groups is 2. The van der Waals surface area contributed by atoms with E-state index in [-0.39, 0.29) is 80.5 Å². The number of thiol groups is 6. The van der Waals surface area contributed by atoms with Gasteiger partial charge in [-0.3, -0.25) is 86.4 Å². The molecule has 1 aliphatic heterocycles. The van der Waals surface area contributed by atoms with Gasteiger partial charge in [0.15, 0.2) is 0 Å². The summed E-state index contributed by atoms with van der Waals surface area (Å²) >= 11 is 25.0.